The van der Waals surface area contributed by atoms with E-state index in [1.807, 2.05) is 23.6 Å². The summed E-state index contributed by atoms with van der Waals surface area (Å²) in [6.07, 6.45) is -2.10. The second-order valence-corrected chi connectivity index (χ2v) is 11.2. The summed E-state index contributed by atoms with van der Waals surface area (Å²) in [5.41, 5.74) is 5.20. The van der Waals surface area contributed by atoms with Crippen molar-refractivity contribution < 1.29 is 27.3 Å². The number of hydrogen-bond acceptors (Lipinski definition) is 4. The van der Waals surface area contributed by atoms with Gasteiger partial charge in [-0.05, 0) is 67.4 Å². The minimum Gasteiger partial charge on any atom is -0.361 e. The van der Waals surface area contributed by atoms with Crippen LogP contribution in [0.25, 0.3) is 32.9 Å². The normalized spacial score (nSPS) is 15.8. The van der Waals surface area contributed by atoms with Crippen molar-refractivity contribution in [2.45, 2.75) is 32.7 Å². The molecule has 0 N–H and O–H groups in total. The van der Waals surface area contributed by atoms with E-state index in [4.69, 9.17) is 4.52 Å². The Morgan fingerprint density at radius 3 is 2.17 bits per heavy atom. The topological polar surface area (TPSA) is 71.6 Å². The first-order valence-electron chi connectivity index (χ1n) is 13.8. The Morgan fingerprint density at radius 1 is 0.881 bits per heavy atom. The third-order valence-corrected chi connectivity index (χ3v) is 8.27. The summed E-state index contributed by atoms with van der Waals surface area (Å²) >= 11 is 0. The van der Waals surface area contributed by atoms with Crippen LogP contribution in [0.1, 0.15) is 37.7 Å². The maximum absolute atomic E-state index is 13.9. The van der Waals surface area contributed by atoms with Crippen molar-refractivity contribution in [3.05, 3.63) is 88.6 Å². The zero-order valence-electron chi connectivity index (χ0n) is 23.0. The summed E-state index contributed by atoms with van der Waals surface area (Å²) in [6.45, 7) is 4.09. The van der Waals surface area contributed by atoms with Crippen molar-refractivity contribution in [3.63, 3.8) is 0 Å². The van der Waals surface area contributed by atoms with E-state index in [0.717, 1.165) is 16.6 Å². The van der Waals surface area contributed by atoms with Crippen LogP contribution in [0.5, 0.6) is 0 Å². The second-order valence-electron chi connectivity index (χ2n) is 11.2. The van der Waals surface area contributed by atoms with E-state index in [9.17, 15) is 22.8 Å². The van der Waals surface area contributed by atoms with Crippen LogP contribution in [-0.4, -0.2) is 69.9 Å². The summed E-state index contributed by atoms with van der Waals surface area (Å²) in [7, 11) is 0. The zero-order chi connectivity index (χ0) is 29.3. The number of halogens is 3. The lowest BCUT2D eigenvalue weighted by Crippen LogP contribution is -2.51. The fourth-order valence-corrected chi connectivity index (χ4v) is 6.04. The maximum Gasteiger partial charge on any atom is 0.254 e. The number of carbonyl (C=O) groups excluding carboxylic acids is 2. The highest BCUT2D eigenvalue weighted by molar-refractivity contribution is 6.20. The highest BCUT2D eigenvalue weighted by Crippen LogP contribution is 2.39. The van der Waals surface area contributed by atoms with Crippen molar-refractivity contribution in [3.8, 4) is 11.1 Å². The van der Waals surface area contributed by atoms with Crippen LogP contribution in [0, 0.1) is 19.7 Å². The average molecular weight is 573 g/mol. The van der Waals surface area contributed by atoms with Gasteiger partial charge in [0.15, 0.2) is 0 Å². The molecule has 2 saturated heterocycles. The Kier molecular flexibility index (Phi) is 6.11. The van der Waals surface area contributed by atoms with Crippen molar-refractivity contribution >= 4 is 33.6 Å². The summed E-state index contributed by atoms with van der Waals surface area (Å²) < 4.78 is 48.6. The van der Waals surface area contributed by atoms with Crippen molar-refractivity contribution in [1.29, 1.82) is 0 Å². The molecular weight excluding hydrogens is 545 g/mol. The number of amides is 2. The molecule has 2 aromatic heterocycles. The molecule has 5 aromatic rings. The molecule has 0 saturated carbocycles. The quantitative estimate of drug-likeness (QED) is 0.265. The van der Waals surface area contributed by atoms with Crippen LogP contribution in [0.2, 0.25) is 0 Å². The third-order valence-electron chi connectivity index (χ3n) is 8.27. The molecule has 7 nitrogen and oxygen atoms in total. The average Bonchev–Trinajstić information content (AvgIpc) is 3.44. The Hall–Kier alpha value is -4.60. The number of carbonyl (C=O) groups is 2. The molecule has 3 aromatic carbocycles. The molecule has 2 amide bonds. The summed E-state index contributed by atoms with van der Waals surface area (Å²) in [6, 6.07) is 15.2. The van der Waals surface area contributed by atoms with Gasteiger partial charge >= 0.3 is 0 Å². The van der Waals surface area contributed by atoms with Crippen molar-refractivity contribution in [2.24, 2.45) is 0 Å². The van der Waals surface area contributed by atoms with Gasteiger partial charge in [-0.1, -0.05) is 17.3 Å². The van der Waals surface area contributed by atoms with E-state index in [2.05, 4.69) is 5.16 Å². The number of aromatic nitrogens is 2. The largest absolute Gasteiger partial charge is 0.361 e. The van der Waals surface area contributed by atoms with Crippen LogP contribution < -0.4 is 0 Å². The molecule has 10 heteroatoms. The fraction of sp³-hybridized carbons (Fsp3) is 0.281. The molecule has 2 aliphatic heterocycles. The minimum atomic E-state index is -1.07. The van der Waals surface area contributed by atoms with E-state index in [1.54, 1.807) is 37.3 Å². The Balaban J connectivity index is 1.49. The van der Waals surface area contributed by atoms with E-state index in [0.29, 0.717) is 51.0 Å². The van der Waals surface area contributed by atoms with Crippen LogP contribution in [0.15, 0.2) is 59.1 Å². The molecule has 0 aliphatic carbocycles. The molecule has 4 heterocycles. The van der Waals surface area contributed by atoms with E-state index in [1.165, 1.54) is 21.9 Å². The number of hydrogen-bond donors (Lipinski definition) is 0. The van der Waals surface area contributed by atoms with Gasteiger partial charge in [0.05, 0.1) is 43.0 Å². The molecule has 0 spiro atoms. The Bertz CT molecular complexity index is 1860. The predicted molar refractivity (Wildman–Crippen MR) is 152 cm³/mol. The highest BCUT2D eigenvalue weighted by atomic mass is 19.1. The molecule has 2 fully saturated rings. The molecule has 0 unspecified atom stereocenters. The number of nitrogens with zero attached hydrogens (tertiary/aromatic N) is 4. The van der Waals surface area contributed by atoms with Crippen molar-refractivity contribution in [1.82, 2.24) is 19.5 Å². The number of rotatable bonds is 5. The number of benzene rings is 3. The summed E-state index contributed by atoms with van der Waals surface area (Å²) in [4.78, 5) is 30.0. The van der Waals surface area contributed by atoms with Gasteiger partial charge in [-0.15, -0.1) is 0 Å². The van der Waals surface area contributed by atoms with Gasteiger partial charge in [-0.25, -0.2) is 13.2 Å². The van der Waals surface area contributed by atoms with Gasteiger partial charge in [-0.3, -0.25) is 9.59 Å². The van der Waals surface area contributed by atoms with E-state index < -0.39 is 12.3 Å². The van der Waals surface area contributed by atoms with Crippen LogP contribution >= 0.6 is 0 Å². The molecule has 42 heavy (non-hydrogen) atoms. The second kappa shape index (κ2) is 9.75. The number of fused-ring (bicyclic) bond motifs is 3. The lowest BCUT2D eigenvalue weighted by molar-refractivity contribution is 0.0399. The van der Waals surface area contributed by atoms with Gasteiger partial charge in [0, 0.05) is 34.0 Å². The Morgan fingerprint density at radius 2 is 1.55 bits per heavy atom. The first kappa shape index (κ1) is 26.3. The molecule has 0 atom stereocenters. The highest BCUT2D eigenvalue weighted by Gasteiger charge is 2.34. The molecule has 214 valence electrons. The number of likely N-dealkylation sites (tertiary alicyclic amines) is 2. The van der Waals surface area contributed by atoms with E-state index in [-0.39, 0.29) is 43.8 Å². The lowest BCUT2D eigenvalue weighted by Gasteiger charge is -2.34. The molecule has 7 rings (SSSR count). The summed E-state index contributed by atoms with van der Waals surface area (Å²) in [5.74, 6) is -0.357. The first-order valence-corrected chi connectivity index (χ1v) is 13.8. The number of alkyl halides is 2. The van der Waals surface area contributed by atoms with Crippen LogP contribution in [-0.2, 0) is 6.54 Å². The van der Waals surface area contributed by atoms with Crippen molar-refractivity contribution in [2.75, 3.05) is 26.2 Å². The van der Waals surface area contributed by atoms with Gasteiger partial charge < -0.3 is 18.9 Å². The first-order chi connectivity index (χ1) is 20.2. The van der Waals surface area contributed by atoms with E-state index >= 15 is 0 Å². The van der Waals surface area contributed by atoms with Crippen LogP contribution in [0.4, 0.5) is 13.2 Å². The van der Waals surface area contributed by atoms with Gasteiger partial charge in [0.2, 0.25) is 0 Å². The maximum atomic E-state index is 13.9. The molecular formula is C32H27F3N4O3. The third kappa shape index (κ3) is 4.24. The minimum absolute atomic E-state index is 0.00713. The standard InChI is InChI=1S/C32H27F3N4O3/c1-17-29(18(2)42-36-17)21-10-26(32(41)38-15-24(35)16-38)30-25-9-20(31(40)37-13-23(34)14-37)5-8-27(25)39(28(30)11-21)12-19-3-6-22(33)7-4-19/h3-11,23-24H,12-16H2,1-2H3. The lowest BCUT2D eigenvalue weighted by atomic mass is 9.95. The molecule has 0 radical (unpaired) electrons. The van der Waals surface area contributed by atoms with Gasteiger partial charge in [-0.2, -0.15) is 0 Å². The van der Waals surface area contributed by atoms with Crippen LogP contribution in [0.3, 0.4) is 0 Å². The monoisotopic (exact) mass is 572 g/mol. The predicted octanol–water partition coefficient (Wildman–Crippen LogP) is 5.84. The fourth-order valence-electron chi connectivity index (χ4n) is 6.04. The molecule has 2 aliphatic rings. The molecule has 0 bridgehead atoms. The van der Waals surface area contributed by atoms with Gasteiger partial charge in [0.1, 0.15) is 23.9 Å². The van der Waals surface area contributed by atoms with Gasteiger partial charge in [0.25, 0.3) is 11.8 Å². The smallest absolute Gasteiger partial charge is 0.254 e. The SMILES string of the molecule is Cc1noc(C)c1-c1cc(C(=O)N2CC(F)C2)c2c3cc(C(=O)N4CC(F)C4)ccc3n(Cc3ccc(F)cc3)c2c1. The number of aryl methyl sites for hydroxylation is 2. The summed E-state index contributed by atoms with van der Waals surface area (Å²) in [5, 5.41) is 5.39. The Labute approximate surface area is 239 Å². The zero-order valence-corrected chi connectivity index (χ0v) is 23.0.